The molecule has 0 aliphatic carbocycles. The fourth-order valence-electron chi connectivity index (χ4n) is 0.814. The summed E-state index contributed by atoms with van der Waals surface area (Å²) < 4.78 is 0. The van der Waals surface area contributed by atoms with E-state index in [0.717, 1.165) is 6.07 Å². The number of nitrogens with zero attached hydrogens (tertiary/aromatic N) is 2. The molecule has 0 bridgehead atoms. The Morgan fingerprint density at radius 2 is 1.75 bits per heavy atom. The Kier molecular flexibility index (Phi) is 5.72. The third-order valence-electron chi connectivity index (χ3n) is 1.33. The summed E-state index contributed by atoms with van der Waals surface area (Å²) in [5.74, 6) is -1.29. The maximum Gasteiger partial charge on any atom is 0.342 e. The zero-order valence-electron chi connectivity index (χ0n) is 9.38. The van der Waals surface area contributed by atoms with Crippen molar-refractivity contribution >= 4 is 11.7 Å². The van der Waals surface area contributed by atoms with Crippen molar-refractivity contribution in [2.75, 3.05) is 21.1 Å². The van der Waals surface area contributed by atoms with E-state index in [1.807, 2.05) is 26.0 Å². The number of rotatable bonds is 2. The molecular formula is C10H14N2O4. The smallest absolute Gasteiger partial charge is 0.342 e. The molecule has 1 aromatic carbocycles. The molecule has 6 nitrogen and oxygen atoms in total. The minimum atomic E-state index is -1.29. The summed E-state index contributed by atoms with van der Waals surface area (Å²) in [5, 5.41) is 18.8. The van der Waals surface area contributed by atoms with Crippen molar-refractivity contribution in [3.05, 3.63) is 39.9 Å². The monoisotopic (exact) mass is 226 g/mol. The minimum Gasteiger partial charge on any atom is -0.477 e. The van der Waals surface area contributed by atoms with Crippen LogP contribution in [0.3, 0.4) is 0 Å². The highest BCUT2D eigenvalue weighted by atomic mass is 16.6. The van der Waals surface area contributed by atoms with E-state index in [4.69, 9.17) is 5.11 Å². The van der Waals surface area contributed by atoms with Crippen LogP contribution in [0.15, 0.2) is 24.3 Å². The lowest BCUT2D eigenvalue weighted by atomic mass is 10.2. The molecule has 0 saturated heterocycles. The van der Waals surface area contributed by atoms with Gasteiger partial charge in [0.1, 0.15) is 5.56 Å². The predicted molar refractivity (Wildman–Crippen MR) is 59.7 cm³/mol. The van der Waals surface area contributed by atoms with Crippen LogP contribution in [-0.4, -0.2) is 42.0 Å². The van der Waals surface area contributed by atoms with E-state index in [9.17, 15) is 14.9 Å². The highest BCUT2D eigenvalue weighted by Crippen LogP contribution is 2.16. The SMILES string of the molecule is CN(C)C.O=C(O)c1ccccc1[N+](=O)[O-]. The molecule has 0 heterocycles. The molecule has 0 unspecified atom stereocenters. The minimum absolute atomic E-state index is 0.289. The first-order valence-corrected chi connectivity index (χ1v) is 4.44. The van der Waals surface area contributed by atoms with Crippen LogP contribution >= 0.6 is 0 Å². The third kappa shape index (κ3) is 5.06. The Morgan fingerprint density at radius 3 is 2.06 bits per heavy atom. The number of nitro groups is 1. The Morgan fingerprint density at radius 1 is 1.31 bits per heavy atom. The molecule has 1 aromatic rings. The van der Waals surface area contributed by atoms with E-state index in [2.05, 4.69) is 0 Å². The second kappa shape index (κ2) is 6.52. The van der Waals surface area contributed by atoms with Crippen molar-refractivity contribution in [2.45, 2.75) is 0 Å². The summed E-state index contributed by atoms with van der Waals surface area (Å²) in [4.78, 5) is 22.0. The first kappa shape index (κ1) is 14.1. The fourth-order valence-corrected chi connectivity index (χ4v) is 0.814. The highest BCUT2D eigenvalue weighted by Gasteiger charge is 2.17. The number of para-hydroxylation sites is 1. The van der Waals surface area contributed by atoms with Crippen molar-refractivity contribution in [3.63, 3.8) is 0 Å². The van der Waals surface area contributed by atoms with Gasteiger partial charge in [-0.2, -0.15) is 0 Å². The van der Waals surface area contributed by atoms with Crippen LogP contribution in [0.25, 0.3) is 0 Å². The maximum absolute atomic E-state index is 10.4. The van der Waals surface area contributed by atoms with Gasteiger partial charge in [0.05, 0.1) is 4.92 Å². The predicted octanol–water partition coefficient (Wildman–Crippen LogP) is 1.47. The van der Waals surface area contributed by atoms with Crippen molar-refractivity contribution < 1.29 is 14.8 Å². The Labute approximate surface area is 93.3 Å². The van der Waals surface area contributed by atoms with Gasteiger partial charge in [0.25, 0.3) is 5.69 Å². The van der Waals surface area contributed by atoms with Gasteiger partial charge in [-0.1, -0.05) is 12.1 Å². The third-order valence-corrected chi connectivity index (χ3v) is 1.33. The van der Waals surface area contributed by atoms with Crippen LogP contribution in [-0.2, 0) is 0 Å². The number of benzene rings is 1. The summed E-state index contributed by atoms with van der Waals surface area (Å²) in [6.07, 6.45) is 0. The lowest BCUT2D eigenvalue weighted by molar-refractivity contribution is -0.385. The van der Waals surface area contributed by atoms with E-state index in [-0.39, 0.29) is 11.3 Å². The van der Waals surface area contributed by atoms with Crippen molar-refractivity contribution in [1.29, 1.82) is 0 Å². The van der Waals surface area contributed by atoms with Crippen LogP contribution in [0.1, 0.15) is 10.4 Å². The van der Waals surface area contributed by atoms with Crippen LogP contribution in [0, 0.1) is 10.1 Å². The largest absolute Gasteiger partial charge is 0.477 e. The molecule has 0 spiro atoms. The number of carboxylic acids is 1. The number of hydrogen-bond acceptors (Lipinski definition) is 4. The summed E-state index contributed by atoms with van der Waals surface area (Å²) in [6.45, 7) is 0. The molecule has 1 N–H and O–H groups in total. The molecule has 0 aliphatic rings. The number of hydrogen-bond donors (Lipinski definition) is 1. The lowest BCUT2D eigenvalue weighted by Crippen LogP contribution is -2.01. The van der Waals surface area contributed by atoms with Crippen LogP contribution in [0.5, 0.6) is 0 Å². The molecule has 0 aromatic heterocycles. The Bertz CT molecular complexity index is 341. The topological polar surface area (TPSA) is 83.7 Å². The van der Waals surface area contributed by atoms with Crippen molar-refractivity contribution in [3.8, 4) is 0 Å². The molecule has 6 heteroatoms. The Hall–Kier alpha value is -1.95. The van der Waals surface area contributed by atoms with Crippen LogP contribution in [0.4, 0.5) is 5.69 Å². The maximum atomic E-state index is 10.4. The fraction of sp³-hybridized carbons (Fsp3) is 0.300. The van der Waals surface area contributed by atoms with Gasteiger partial charge >= 0.3 is 5.97 Å². The van der Waals surface area contributed by atoms with E-state index in [1.54, 1.807) is 0 Å². The second-order valence-electron chi connectivity index (χ2n) is 3.42. The van der Waals surface area contributed by atoms with Crippen LogP contribution in [0.2, 0.25) is 0 Å². The van der Waals surface area contributed by atoms with Crippen molar-refractivity contribution in [1.82, 2.24) is 4.90 Å². The molecule has 0 radical (unpaired) electrons. The summed E-state index contributed by atoms with van der Waals surface area (Å²) >= 11 is 0. The van der Waals surface area contributed by atoms with Gasteiger partial charge in [0.2, 0.25) is 0 Å². The molecule has 0 aliphatic heterocycles. The lowest BCUT2D eigenvalue weighted by Gasteiger charge is -1.94. The first-order chi connectivity index (χ1) is 7.36. The summed E-state index contributed by atoms with van der Waals surface area (Å²) in [7, 11) is 6.00. The van der Waals surface area contributed by atoms with Gasteiger partial charge in [-0.05, 0) is 27.2 Å². The number of carboxylic acid groups (broad SMARTS) is 1. The number of carbonyl (C=O) groups is 1. The molecule has 0 atom stereocenters. The molecule has 1 rings (SSSR count). The van der Waals surface area contributed by atoms with E-state index in [1.165, 1.54) is 18.2 Å². The average Bonchev–Trinajstić information content (AvgIpc) is 2.16. The van der Waals surface area contributed by atoms with E-state index >= 15 is 0 Å². The molecular weight excluding hydrogens is 212 g/mol. The first-order valence-electron chi connectivity index (χ1n) is 4.44. The van der Waals surface area contributed by atoms with Gasteiger partial charge in [0, 0.05) is 6.07 Å². The van der Waals surface area contributed by atoms with Gasteiger partial charge in [-0.25, -0.2) is 4.79 Å². The van der Waals surface area contributed by atoms with Crippen LogP contribution < -0.4 is 0 Å². The second-order valence-corrected chi connectivity index (χ2v) is 3.42. The van der Waals surface area contributed by atoms with Gasteiger partial charge in [-0.15, -0.1) is 0 Å². The Balaban J connectivity index is 0.000000487. The van der Waals surface area contributed by atoms with Gasteiger partial charge < -0.3 is 10.0 Å². The highest BCUT2D eigenvalue weighted by molar-refractivity contribution is 5.92. The van der Waals surface area contributed by atoms with Gasteiger partial charge in [-0.3, -0.25) is 10.1 Å². The van der Waals surface area contributed by atoms with E-state index in [0.29, 0.717) is 0 Å². The molecule has 16 heavy (non-hydrogen) atoms. The number of aromatic carboxylic acids is 1. The molecule has 88 valence electrons. The quantitative estimate of drug-likeness (QED) is 0.609. The van der Waals surface area contributed by atoms with Gasteiger partial charge in [0.15, 0.2) is 0 Å². The zero-order valence-corrected chi connectivity index (χ0v) is 9.38. The molecule has 0 amide bonds. The normalized spacial score (nSPS) is 9.25. The number of nitro benzene ring substituents is 1. The summed E-state index contributed by atoms with van der Waals surface area (Å²) in [6, 6.07) is 5.21. The molecule has 0 fully saturated rings. The van der Waals surface area contributed by atoms with Crippen molar-refractivity contribution in [2.24, 2.45) is 0 Å². The average molecular weight is 226 g/mol. The standard InChI is InChI=1S/C7H5NO4.C3H9N/c9-7(10)5-3-1-2-4-6(5)8(11)12;1-4(2)3/h1-4H,(H,9,10);1-3H3. The van der Waals surface area contributed by atoms with E-state index < -0.39 is 10.9 Å². The summed E-state index contributed by atoms with van der Waals surface area (Å²) in [5.41, 5.74) is -0.674. The molecule has 0 saturated carbocycles. The zero-order chi connectivity index (χ0) is 12.7.